The molecular formula is C27H33NO8. The van der Waals surface area contributed by atoms with Crippen molar-refractivity contribution >= 4 is 12.1 Å². The van der Waals surface area contributed by atoms with Crippen LogP contribution in [0.1, 0.15) is 24.0 Å². The molecular weight excluding hydrogens is 466 g/mol. The van der Waals surface area contributed by atoms with Crippen molar-refractivity contribution in [3.05, 3.63) is 47.5 Å². The average molecular weight is 500 g/mol. The number of esters is 1. The van der Waals surface area contributed by atoms with Crippen molar-refractivity contribution in [2.24, 2.45) is 11.8 Å². The number of likely N-dealkylation sites (tertiary alicyclic amines) is 1. The van der Waals surface area contributed by atoms with Gasteiger partial charge in [-0.3, -0.25) is 4.79 Å². The van der Waals surface area contributed by atoms with Crippen molar-refractivity contribution in [3.63, 3.8) is 0 Å². The molecule has 0 radical (unpaired) electrons. The summed E-state index contributed by atoms with van der Waals surface area (Å²) in [4.78, 5) is 26.6. The van der Waals surface area contributed by atoms with Gasteiger partial charge in [-0.05, 0) is 61.1 Å². The van der Waals surface area contributed by atoms with Crippen LogP contribution in [-0.2, 0) is 22.4 Å². The minimum absolute atomic E-state index is 0.00429. The fourth-order valence-electron chi connectivity index (χ4n) is 4.82. The van der Waals surface area contributed by atoms with Crippen LogP contribution in [0, 0.1) is 11.8 Å². The van der Waals surface area contributed by atoms with Gasteiger partial charge in [0.15, 0.2) is 23.0 Å². The number of carbonyl (C=O) groups is 2. The highest BCUT2D eigenvalue weighted by molar-refractivity contribution is 5.75. The smallest absolute Gasteiger partial charge is 0.415 e. The molecule has 36 heavy (non-hydrogen) atoms. The van der Waals surface area contributed by atoms with Crippen LogP contribution in [-0.4, -0.2) is 69.2 Å². The zero-order valence-corrected chi connectivity index (χ0v) is 20.9. The SMILES string of the molecule is COc1ccc(CC2COC(=O)C2Cc2ccc(OC(=O)N3CCCC(O)C3)c(OC)c2)cc1OC. The van der Waals surface area contributed by atoms with Gasteiger partial charge in [0.2, 0.25) is 0 Å². The third-order valence-electron chi connectivity index (χ3n) is 6.79. The van der Waals surface area contributed by atoms with E-state index in [9.17, 15) is 14.7 Å². The molecule has 0 bridgehead atoms. The van der Waals surface area contributed by atoms with E-state index >= 15 is 0 Å². The highest BCUT2D eigenvalue weighted by Gasteiger charge is 2.37. The second kappa shape index (κ2) is 11.5. The number of carbonyl (C=O) groups excluding carboxylic acids is 2. The van der Waals surface area contributed by atoms with Gasteiger partial charge in [0, 0.05) is 19.0 Å². The third kappa shape index (κ3) is 5.84. The fourth-order valence-corrected chi connectivity index (χ4v) is 4.82. The van der Waals surface area contributed by atoms with E-state index in [0.717, 1.165) is 17.5 Å². The van der Waals surface area contributed by atoms with E-state index in [0.29, 0.717) is 55.4 Å². The normalized spacial score (nSPS) is 21.6. The molecule has 2 aliphatic heterocycles. The van der Waals surface area contributed by atoms with E-state index in [-0.39, 0.29) is 24.3 Å². The first-order valence-corrected chi connectivity index (χ1v) is 12.1. The predicted octanol–water partition coefficient (Wildman–Crippen LogP) is 3.24. The number of hydrogen-bond acceptors (Lipinski definition) is 8. The number of benzene rings is 2. The summed E-state index contributed by atoms with van der Waals surface area (Å²) in [6.45, 7) is 1.15. The van der Waals surface area contributed by atoms with Crippen molar-refractivity contribution in [2.75, 3.05) is 41.0 Å². The van der Waals surface area contributed by atoms with Crippen molar-refractivity contribution in [3.8, 4) is 23.0 Å². The summed E-state index contributed by atoms with van der Waals surface area (Å²) >= 11 is 0. The highest BCUT2D eigenvalue weighted by Crippen LogP contribution is 2.35. The summed E-state index contributed by atoms with van der Waals surface area (Å²) in [6.07, 6.45) is 1.49. The number of rotatable bonds is 8. The molecule has 0 saturated carbocycles. The molecule has 194 valence electrons. The molecule has 2 aromatic carbocycles. The molecule has 9 heteroatoms. The molecule has 0 aromatic heterocycles. The van der Waals surface area contributed by atoms with Crippen LogP contribution in [0.5, 0.6) is 23.0 Å². The maximum Gasteiger partial charge on any atom is 0.415 e. The van der Waals surface area contributed by atoms with Gasteiger partial charge in [0.05, 0.1) is 40.0 Å². The second-order valence-electron chi connectivity index (χ2n) is 9.19. The van der Waals surface area contributed by atoms with Crippen LogP contribution in [0.15, 0.2) is 36.4 Å². The van der Waals surface area contributed by atoms with Crippen LogP contribution in [0.25, 0.3) is 0 Å². The molecule has 2 heterocycles. The number of ether oxygens (including phenoxy) is 5. The molecule has 3 atom stereocenters. The van der Waals surface area contributed by atoms with Gasteiger partial charge in [-0.1, -0.05) is 12.1 Å². The van der Waals surface area contributed by atoms with Crippen molar-refractivity contribution in [1.82, 2.24) is 4.90 Å². The molecule has 1 amide bonds. The van der Waals surface area contributed by atoms with Crippen molar-refractivity contribution in [2.45, 2.75) is 31.8 Å². The van der Waals surface area contributed by atoms with Crippen LogP contribution < -0.4 is 18.9 Å². The van der Waals surface area contributed by atoms with Gasteiger partial charge < -0.3 is 33.7 Å². The quantitative estimate of drug-likeness (QED) is 0.552. The summed E-state index contributed by atoms with van der Waals surface area (Å²) in [7, 11) is 4.69. The maximum absolute atomic E-state index is 12.6. The van der Waals surface area contributed by atoms with Crippen molar-refractivity contribution < 1.29 is 38.4 Å². The molecule has 2 saturated heterocycles. The largest absolute Gasteiger partial charge is 0.493 e. The van der Waals surface area contributed by atoms with Crippen LogP contribution in [0.3, 0.4) is 0 Å². The van der Waals surface area contributed by atoms with E-state index in [4.69, 9.17) is 23.7 Å². The number of β-amino-alcohol motifs (C(OH)–C–C–N with tert-alkyl or cyclic N) is 1. The standard InChI is InChI=1S/C27H33NO8/c1-32-22-8-6-17(13-24(22)33-2)11-19-16-35-26(30)21(19)12-18-7-9-23(25(14-18)34-3)36-27(31)28-10-4-5-20(29)15-28/h6-9,13-14,19-21,29H,4-5,10-12,15-16H2,1-3H3. The van der Waals surface area contributed by atoms with E-state index in [1.54, 1.807) is 26.4 Å². The van der Waals surface area contributed by atoms with Crippen molar-refractivity contribution in [1.29, 1.82) is 0 Å². The first-order valence-electron chi connectivity index (χ1n) is 12.1. The molecule has 2 aromatic rings. The molecule has 1 N–H and O–H groups in total. The molecule has 0 spiro atoms. The Bertz CT molecular complexity index is 1090. The Morgan fingerprint density at radius 1 is 0.972 bits per heavy atom. The number of piperidine rings is 1. The number of aliphatic hydroxyl groups is 1. The summed E-state index contributed by atoms with van der Waals surface area (Å²) in [5.41, 5.74) is 1.91. The lowest BCUT2D eigenvalue weighted by atomic mass is 9.85. The molecule has 0 aliphatic carbocycles. The Hall–Kier alpha value is -3.46. The summed E-state index contributed by atoms with van der Waals surface area (Å²) in [5, 5.41) is 9.83. The van der Waals surface area contributed by atoms with Gasteiger partial charge in [0.25, 0.3) is 0 Å². The molecule has 9 nitrogen and oxygen atoms in total. The third-order valence-corrected chi connectivity index (χ3v) is 6.79. The highest BCUT2D eigenvalue weighted by atomic mass is 16.6. The number of cyclic esters (lactones) is 1. The Morgan fingerprint density at radius 2 is 1.61 bits per heavy atom. The van der Waals surface area contributed by atoms with E-state index in [1.165, 1.54) is 12.0 Å². The summed E-state index contributed by atoms with van der Waals surface area (Å²) < 4.78 is 27.1. The molecule has 2 fully saturated rings. The van der Waals surface area contributed by atoms with Gasteiger partial charge >= 0.3 is 12.1 Å². The first kappa shape index (κ1) is 25.6. The molecule has 4 rings (SSSR count). The minimum atomic E-state index is -0.534. The van der Waals surface area contributed by atoms with E-state index < -0.39 is 12.2 Å². The first-order chi connectivity index (χ1) is 17.4. The monoisotopic (exact) mass is 499 g/mol. The van der Waals surface area contributed by atoms with Gasteiger partial charge in [-0.25, -0.2) is 4.79 Å². The topological polar surface area (TPSA) is 104 Å². The Kier molecular flexibility index (Phi) is 8.20. The van der Waals surface area contributed by atoms with Gasteiger partial charge in [0.1, 0.15) is 0 Å². The van der Waals surface area contributed by atoms with Gasteiger partial charge in [-0.15, -0.1) is 0 Å². The number of hydrogen-bond donors (Lipinski definition) is 1. The average Bonchev–Trinajstić information content (AvgIpc) is 3.23. The molecule has 3 unspecified atom stereocenters. The number of aliphatic hydroxyl groups excluding tert-OH is 1. The lowest BCUT2D eigenvalue weighted by Gasteiger charge is -2.29. The van der Waals surface area contributed by atoms with Crippen LogP contribution >= 0.6 is 0 Å². The number of methoxy groups -OCH3 is 3. The zero-order valence-electron chi connectivity index (χ0n) is 20.9. The fraction of sp³-hybridized carbons (Fsp3) is 0.481. The number of nitrogens with zero attached hydrogens (tertiary/aromatic N) is 1. The van der Waals surface area contributed by atoms with Crippen LogP contribution in [0.2, 0.25) is 0 Å². The Morgan fingerprint density at radius 3 is 2.28 bits per heavy atom. The summed E-state index contributed by atoms with van der Waals surface area (Å²) in [6, 6.07) is 11.0. The lowest BCUT2D eigenvalue weighted by Crippen LogP contribution is -2.43. The second-order valence-corrected chi connectivity index (χ2v) is 9.19. The number of amides is 1. The predicted molar refractivity (Wildman–Crippen MR) is 131 cm³/mol. The zero-order chi connectivity index (χ0) is 25.7. The van der Waals surface area contributed by atoms with E-state index in [2.05, 4.69) is 0 Å². The van der Waals surface area contributed by atoms with Gasteiger partial charge in [-0.2, -0.15) is 0 Å². The lowest BCUT2D eigenvalue weighted by molar-refractivity contribution is -0.141. The van der Waals surface area contributed by atoms with Crippen LogP contribution in [0.4, 0.5) is 4.79 Å². The Balaban J connectivity index is 1.44. The minimum Gasteiger partial charge on any atom is -0.493 e. The van der Waals surface area contributed by atoms with E-state index in [1.807, 2.05) is 24.3 Å². The summed E-state index contributed by atoms with van der Waals surface area (Å²) in [5.74, 6) is 1.46. The Labute approximate surface area is 210 Å². The maximum atomic E-state index is 12.6. The molecule has 2 aliphatic rings.